The number of hydrogen-bond donors (Lipinski definition) is 2. The molecule has 0 radical (unpaired) electrons. The number of amides is 1. The first kappa shape index (κ1) is 29.0. The SMILES string of the molecule is CCNc1cc(Cl)cc(C(=O)NCc2nccn2Cc2ccc(Cl)cc2)c1C.CN(C)C1CCCCC1. The van der Waals surface area contributed by atoms with Crippen molar-refractivity contribution < 1.29 is 4.79 Å². The van der Waals surface area contributed by atoms with Crippen molar-refractivity contribution in [1.29, 1.82) is 0 Å². The van der Waals surface area contributed by atoms with Gasteiger partial charge in [-0.3, -0.25) is 4.79 Å². The van der Waals surface area contributed by atoms with Crippen LogP contribution in [0, 0.1) is 6.92 Å². The summed E-state index contributed by atoms with van der Waals surface area (Å²) in [5.74, 6) is 0.593. The van der Waals surface area contributed by atoms with E-state index in [0.29, 0.717) is 28.7 Å². The molecule has 37 heavy (non-hydrogen) atoms. The number of carbonyl (C=O) groups is 1. The van der Waals surface area contributed by atoms with Crippen LogP contribution >= 0.6 is 23.2 Å². The summed E-state index contributed by atoms with van der Waals surface area (Å²) >= 11 is 12.1. The molecule has 200 valence electrons. The second-order valence-corrected chi connectivity index (χ2v) is 10.6. The lowest BCUT2D eigenvalue weighted by Gasteiger charge is -2.27. The van der Waals surface area contributed by atoms with E-state index < -0.39 is 0 Å². The van der Waals surface area contributed by atoms with Crippen LogP contribution in [0.25, 0.3) is 0 Å². The lowest BCUT2D eigenvalue weighted by molar-refractivity contribution is 0.0949. The van der Waals surface area contributed by atoms with Gasteiger partial charge in [0.05, 0.1) is 6.54 Å². The minimum atomic E-state index is -0.180. The van der Waals surface area contributed by atoms with Gasteiger partial charge < -0.3 is 20.1 Å². The molecular formula is C29H39Cl2N5O. The molecule has 0 saturated heterocycles. The fourth-order valence-corrected chi connectivity index (χ4v) is 4.92. The summed E-state index contributed by atoms with van der Waals surface area (Å²) in [6.45, 7) is 5.64. The third-order valence-corrected chi connectivity index (χ3v) is 7.23. The van der Waals surface area contributed by atoms with Crippen molar-refractivity contribution in [2.45, 2.75) is 65.1 Å². The predicted octanol–water partition coefficient (Wildman–Crippen LogP) is 6.79. The van der Waals surface area contributed by atoms with Gasteiger partial charge in [0.25, 0.3) is 5.91 Å². The molecular weight excluding hydrogens is 505 g/mol. The molecule has 2 aromatic carbocycles. The molecule has 4 rings (SSSR count). The van der Waals surface area contributed by atoms with Gasteiger partial charge >= 0.3 is 0 Å². The summed E-state index contributed by atoms with van der Waals surface area (Å²) in [4.78, 5) is 19.5. The Morgan fingerprint density at radius 1 is 1.08 bits per heavy atom. The van der Waals surface area contributed by atoms with E-state index in [0.717, 1.165) is 35.2 Å². The number of hydrogen-bond acceptors (Lipinski definition) is 4. The molecule has 0 spiro atoms. The molecule has 1 fully saturated rings. The topological polar surface area (TPSA) is 62.2 Å². The number of imidazole rings is 1. The van der Waals surface area contributed by atoms with Crippen molar-refractivity contribution in [1.82, 2.24) is 19.8 Å². The summed E-state index contributed by atoms with van der Waals surface area (Å²) in [7, 11) is 4.38. The van der Waals surface area contributed by atoms with Crippen LogP contribution in [-0.4, -0.2) is 47.0 Å². The van der Waals surface area contributed by atoms with Crippen molar-refractivity contribution in [3.8, 4) is 0 Å². The molecule has 0 atom stereocenters. The van der Waals surface area contributed by atoms with Gasteiger partial charge in [0.1, 0.15) is 5.82 Å². The number of nitrogens with zero attached hydrogens (tertiary/aromatic N) is 3. The smallest absolute Gasteiger partial charge is 0.252 e. The molecule has 0 bridgehead atoms. The fourth-order valence-electron chi connectivity index (χ4n) is 4.58. The molecule has 1 aliphatic rings. The van der Waals surface area contributed by atoms with Gasteiger partial charge in [-0.1, -0.05) is 54.6 Å². The van der Waals surface area contributed by atoms with Crippen molar-refractivity contribution >= 4 is 34.8 Å². The van der Waals surface area contributed by atoms with E-state index in [2.05, 4.69) is 34.6 Å². The van der Waals surface area contributed by atoms with E-state index in [1.807, 2.05) is 54.9 Å². The summed E-state index contributed by atoms with van der Waals surface area (Å²) < 4.78 is 2.00. The second kappa shape index (κ2) is 14.4. The zero-order chi connectivity index (χ0) is 26.8. The monoisotopic (exact) mass is 543 g/mol. The van der Waals surface area contributed by atoms with Crippen LogP contribution in [0.5, 0.6) is 0 Å². The molecule has 8 heteroatoms. The molecule has 1 saturated carbocycles. The summed E-state index contributed by atoms with van der Waals surface area (Å²) in [6.07, 6.45) is 10.8. The van der Waals surface area contributed by atoms with Gasteiger partial charge in [0.2, 0.25) is 0 Å². The molecule has 2 N–H and O–H groups in total. The number of anilines is 1. The fraction of sp³-hybridized carbons (Fsp3) is 0.448. The van der Waals surface area contributed by atoms with Gasteiger partial charge in [-0.25, -0.2) is 4.98 Å². The van der Waals surface area contributed by atoms with Gasteiger partial charge in [-0.15, -0.1) is 0 Å². The summed E-state index contributed by atoms with van der Waals surface area (Å²) in [6, 6.07) is 12.1. The third kappa shape index (κ3) is 8.77. The average Bonchev–Trinajstić information content (AvgIpc) is 3.33. The van der Waals surface area contributed by atoms with E-state index in [9.17, 15) is 4.79 Å². The number of aromatic nitrogens is 2. The van der Waals surface area contributed by atoms with Crippen LogP contribution in [0.2, 0.25) is 10.0 Å². The first-order valence-corrected chi connectivity index (χ1v) is 13.8. The molecule has 0 aliphatic heterocycles. The Balaban J connectivity index is 0.000000356. The van der Waals surface area contributed by atoms with Crippen LogP contribution < -0.4 is 10.6 Å². The van der Waals surface area contributed by atoms with E-state index in [4.69, 9.17) is 23.2 Å². The quantitative estimate of drug-likeness (QED) is 0.328. The van der Waals surface area contributed by atoms with E-state index in [1.54, 1.807) is 12.3 Å². The molecule has 1 amide bonds. The molecule has 1 aromatic heterocycles. The summed E-state index contributed by atoms with van der Waals surface area (Å²) in [5.41, 5.74) is 3.40. The average molecular weight is 545 g/mol. The lowest BCUT2D eigenvalue weighted by Crippen LogP contribution is -2.29. The van der Waals surface area contributed by atoms with Gasteiger partial charge in [0, 0.05) is 52.8 Å². The number of halogens is 2. The minimum Gasteiger partial charge on any atom is -0.385 e. The van der Waals surface area contributed by atoms with Crippen LogP contribution in [-0.2, 0) is 13.1 Å². The van der Waals surface area contributed by atoms with Crippen molar-refractivity contribution in [3.05, 3.63) is 81.4 Å². The Morgan fingerprint density at radius 3 is 2.41 bits per heavy atom. The van der Waals surface area contributed by atoms with E-state index in [-0.39, 0.29) is 5.91 Å². The Kier molecular flexibility index (Phi) is 11.3. The number of rotatable bonds is 8. The molecule has 1 heterocycles. The Hall–Kier alpha value is -2.54. The van der Waals surface area contributed by atoms with Crippen molar-refractivity contribution in [3.63, 3.8) is 0 Å². The van der Waals surface area contributed by atoms with Crippen LogP contribution in [0.15, 0.2) is 48.8 Å². The maximum atomic E-state index is 12.7. The zero-order valence-electron chi connectivity index (χ0n) is 22.4. The maximum Gasteiger partial charge on any atom is 0.252 e. The standard InChI is InChI=1S/C21H22Cl2N4O.C8H17N/c1-3-24-19-11-17(23)10-18(14(19)2)21(28)26-12-20-25-8-9-27(20)13-15-4-6-16(22)7-5-15;1-9(2)8-6-4-3-5-7-8/h4-11,24H,3,12-13H2,1-2H3,(H,26,28);8H,3-7H2,1-2H3. The van der Waals surface area contributed by atoms with Crippen LogP contribution in [0.1, 0.15) is 66.3 Å². The highest BCUT2D eigenvalue weighted by molar-refractivity contribution is 6.31. The Labute approximate surface area is 231 Å². The lowest BCUT2D eigenvalue weighted by atomic mass is 9.95. The first-order valence-electron chi connectivity index (χ1n) is 13.0. The molecule has 0 unspecified atom stereocenters. The molecule has 6 nitrogen and oxygen atoms in total. The number of benzene rings is 2. The van der Waals surface area contributed by atoms with E-state index >= 15 is 0 Å². The highest BCUT2D eigenvalue weighted by Gasteiger charge is 2.15. The summed E-state index contributed by atoms with van der Waals surface area (Å²) in [5, 5.41) is 7.40. The number of carbonyl (C=O) groups excluding carboxylic acids is 1. The normalized spacial score (nSPS) is 13.7. The Morgan fingerprint density at radius 2 is 1.78 bits per heavy atom. The maximum absolute atomic E-state index is 12.7. The molecule has 3 aromatic rings. The zero-order valence-corrected chi connectivity index (χ0v) is 23.9. The first-order chi connectivity index (χ1) is 17.8. The van der Waals surface area contributed by atoms with Crippen molar-refractivity contribution in [2.24, 2.45) is 0 Å². The van der Waals surface area contributed by atoms with Crippen molar-refractivity contribution in [2.75, 3.05) is 26.0 Å². The van der Waals surface area contributed by atoms with Crippen LogP contribution in [0.4, 0.5) is 5.69 Å². The highest BCUT2D eigenvalue weighted by Crippen LogP contribution is 2.25. The second-order valence-electron chi connectivity index (χ2n) is 9.69. The van der Waals surface area contributed by atoms with Gasteiger partial charge in [0.15, 0.2) is 0 Å². The minimum absolute atomic E-state index is 0.180. The predicted molar refractivity (Wildman–Crippen MR) is 155 cm³/mol. The van der Waals surface area contributed by atoms with Gasteiger partial charge in [-0.2, -0.15) is 0 Å². The van der Waals surface area contributed by atoms with E-state index in [1.165, 1.54) is 32.1 Å². The van der Waals surface area contributed by atoms with Crippen LogP contribution in [0.3, 0.4) is 0 Å². The Bertz CT molecular complexity index is 1140. The largest absolute Gasteiger partial charge is 0.385 e. The van der Waals surface area contributed by atoms with Gasteiger partial charge in [-0.05, 0) is 76.2 Å². The molecule has 1 aliphatic carbocycles. The number of nitrogens with one attached hydrogen (secondary N) is 2. The third-order valence-electron chi connectivity index (χ3n) is 6.76. The highest BCUT2D eigenvalue weighted by atomic mass is 35.5.